The van der Waals surface area contributed by atoms with Crippen LogP contribution in [-0.2, 0) is 17.8 Å². The van der Waals surface area contributed by atoms with Gasteiger partial charge in [-0.05, 0) is 40.6 Å². The van der Waals surface area contributed by atoms with Gasteiger partial charge in [-0.3, -0.25) is 4.79 Å². The molecule has 0 aliphatic heterocycles. The standard InChI is InChI=1S/C26H21NO3/c28-26(29)16-18-9-10-20-17-21(12-11-19(20)15-18)30-14-13-27-24-7-3-1-5-22(24)23-6-2-4-8-25(23)27/h1-12,15,17H,13-14,16H2,(H,28,29). The molecule has 0 atom stereocenters. The van der Waals surface area contributed by atoms with E-state index < -0.39 is 5.97 Å². The second-order valence-corrected chi connectivity index (χ2v) is 7.45. The summed E-state index contributed by atoms with van der Waals surface area (Å²) in [4.78, 5) is 10.9. The lowest BCUT2D eigenvalue weighted by Gasteiger charge is -2.11. The van der Waals surface area contributed by atoms with Crippen molar-refractivity contribution in [2.45, 2.75) is 13.0 Å². The number of aliphatic carboxylic acids is 1. The number of hydrogen-bond acceptors (Lipinski definition) is 2. The normalized spacial score (nSPS) is 11.3. The summed E-state index contributed by atoms with van der Waals surface area (Å²) in [6, 6.07) is 28.6. The predicted molar refractivity (Wildman–Crippen MR) is 120 cm³/mol. The van der Waals surface area contributed by atoms with Gasteiger partial charge in [-0.15, -0.1) is 0 Å². The third-order valence-corrected chi connectivity index (χ3v) is 5.49. The highest BCUT2D eigenvalue weighted by atomic mass is 16.5. The zero-order valence-corrected chi connectivity index (χ0v) is 16.4. The van der Waals surface area contributed by atoms with E-state index in [1.54, 1.807) is 0 Å². The highest BCUT2D eigenvalue weighted by Gasteiger charge is 2.09. The topological polar surface area (TPSA) is 51.5 Å². The fraction of sp³-hybridized carbons (Fsp3) is 0.115. The zero-order valence-electron chi connectivity index (χ0n) is 16.4. The number of benzene rings is 4. The van der Waals surface area contributed by atoms with E-state index in [0.717, 1.165) is 28.6 Å². The van der Waals surface area contributed by atoms with Crippen LogP contribution in [0.2, 0.25) is 0 Å². The van der Waals surface area contributed by atoms with Gasteiger partial charge in [0, 0.05) is 21.8 Å². The summed E-state index contributed by atoms with van der Waals surface area (Å²) >= 11 is 0. The van der Waals surface area contributed by atoms with Crippen molar-refractivity contribution in [3.8, 4) is 5.75 Å². The highest BCUT2D eigenvalue weighted by Crippen LogP contribution is 2.29. The van der Waals surface area contributed by atoms with Gasteiger partial charge in [0.2, 0.25) is 0 Å². The van der Waals surface area contributed by atoms with Crippen molar-refractivity contribution >= 4 is 38.5 Å². The largest absolute Gasteiger partial charge is 0.492 e. The van der Waals surface area contributed by atoms with Gasteiger partial charge >= 0.3 is 5.97 Å². The molecular formula is C26H21NO3. The summed E-state index contributed by atoms with van der Waals surface area (Å²) in [6.45, 7) is 1.31. The van der Waals surface area contributed by atoms with Crippen molar-refractivity contribution < 1.29 is 14.6 Å². The maximum Gasteiger partial charge on any atom is 0.307 e. The van der Waals surface area contributed by atoms with Crippen LogP contribution >= 0.6 is 0 Å². The summed E-state index contributed by atoms with van der Waals surface area (Å²) in [7, 11) is 0. The molecule has 0 unspecified atom stereocenters. The molecule has 4 aromatic carbocycles. The van der Waals surface area contributed by atoms with E-state index in [-0.39, 0.29) is 6.42 Å². The quantitative estimate of drug-likeness (QED) is 0.404. The molecule has 0 saturated carbocycles. The smallest absolute Gasteiger partial charge is 0.307 e. The first-order valence-corrected chi connectivity index (χ1v) is 10.0. The molecule has 0 amide bonds. The molecule has 0 saturated heterocycles. The van der Waals surface area contributed by atoms with Crippen LogP contribution in [0.1, 0.15) is 5.56 Å². The fourth-order valence-corrected chi connectivity index (χ4v) is 4.15. The average molecular weight is 395 g/mol. The van der Waals surface area contributed by atoms with Crippen molar-refractivity contribution in [1.29, 1.82) is 0 Å². The highest BCUT2D eigenvalue weighted by molar-refractivity contribution is 6.07. The van der Waals surface area contributed by atoms with Gasteiger partial charge in [0.05, 0.1) is 13.0 Å². The number of carboxylic acid groups (broad SMARTS) is 1. The lowest BCUT2D eigenvalue weighted by atomic mass is 10.0. The molecule has 4 nitrogen and oxygen atoms in total. The van der Waals surface area contributed by atoms with Crippen molar-refractivity contribution in [2.24, 2.45) is 0 Å². The SMILES string of the molecule is O=C(O)Cc1ccc2cc(OCCn3c4ccccc4c4ccccc43)ccc2c1. The van der Waals surface area contributed by atoms with Gasteiger partial charge in [-0.2, -0.15) is 0 Å². The Balaban J connectivity index is 1.36. The molecule has 0 aliphatic carbocycles. The average Bonchev–Trinajstić information content (AvgIpc) is 3.07. The number of rotatable bonds is 6. The Morgan fingerprint density at radius 1 is 0.800 bits per heavy atom. The third-order valence-electron chi connectivity index (χ3n) is 5.49. The Morgan fingerprint density at radius 2 is 1.43 bits per heavy atom. The zero-order chi connectivity index (χ0) is 20.5. The van der Waals surface area contributed by atoms with E-state index in [0.29, 0.717) is 6.61 Å². The number of hydrogen-bond donors (Lipinski definition) is 1. The molecule has 1 heterocycles. The fourth-order valence-electron chi connectivity index (χ4n) is 4.15. The Morgan fingerprint density at radius 3 is 2.13 bits per heavy atom. The summed E-state index contributed by atoms with van der Waals surface area (Å²) in [6.07, 6.45) is 0.0347. The van der Waals surface area contributed by atoms with Gasteiger partial charge < -0.3 is 14.4 Å². The van der Waals surface area contributed by atoms with Crippen molar-refractivity contribution in [1.82, 2.24) is 4.57 Å². The number of para-hydroxylation sites is 2. The van der Waals surface area contributed by atoms with E-state index >= 15 is 0 Å². The summed E-state index contributed by atoms with van der Waals surface area (Å²) in [5.74, 6) is -0.00591. The maximum atomic E-state index is 10.9. The van der Waals surface area contributed by atoms with Crippen LogP contribution in [0.25, 0.3) is 32.6 Å². The minimum Gasteiger partial charge on any atom is -0.492 e. The molecular weight excluding hydrogens is 374 g/mol. The molecule has 1 aromatic heterocycles. The van der Waals surface area contributed by atoms with Gasteiger partial charge in [0.15, 0.2) is 0 Å². The number of nitrogens with zero attached hydrogens (tertiary/aromatic N) is 1. The van der Waals surface area contributed by atoms with Gasteiger partial charge in [-0.25, -0.2) is 0 Å². The molecule has 5 aromatic rings. The first kappa shape index (κ1) is 18.3. The van der Waals surface area contributed by atoms with E-state index in [9.17, 15) is 4.79 Å². The molecule has 30 heavy (non-hydrogen) atoms. The van der Waals surface area contributed by atoms with Crippen LogP contribution in [0.15, 0.2) is 84.9 Å². The van der Waals surface area contributed by atoms with Crippen LogP contribution in [0.5, 0.6) is 5.75 Å². The third kappa shape index (κ3) is 3.37. The minimum atomic E-state index is -0.820. The maximum absolute atomic E-state index is 10.9. The van der Waals surface area contributed by atoms with Gasteiger partial charge in [0.1, 0.15) is 12.4 Å². The van der Waals surface area contributed by atoms with Crippen LogP contribution in [0.4, 0.5) is 0 Å². The van der Waals surface area contributed by atoms with Crippen LogP contribution in [0.3, 0.4) is 0 Å². The molecule has 0 fully saturated rings. The first-order valence-electron chi connectivity index (χ1n) is 10.0. The van der Waals surface area contributed by atoms with E-state index in [1.807, 2.05) is 36.4 Å². The Bertz CT molecular complexity index is 1330. The van der Waals surface area contributed by atoms with Crippen LogP contribution in [0, 0.1) is 0 Å². The van der Waals surface area contributed by atoms with Gasteiger partial charge in [0.25, 0.3) is 0 Å². The van der Waals surface area contributed by atoms with E-state index in [2.05, 4.69) is 53.1 Å². The first-order chi connectivity index (χ1) is 14.7. The number of aromatic nitrogens is 1. The monoisotopic (exact) mass is 395 g/mol. The number of ether oxygens (including phenoxy) is 1. The lowest BCUT2D eigenvalue weighted by Crippen LogP contribution is -2.08. The number of fused-ring (bicyclic) bond motifs is 4. The van der Waals surface area contributed by atoms with Crippen LogP contribution in [-0.4, -0.2) is 22.2 Å². The Kier molecular flexibility index (Phi) is 4.60. The number of carboxylic acids is 1. The Hall–Kier alpha value is -3.79. The van der Waals surface area contributed by atoms with Crippen LogP contribution < -0.4 is 4.74 Å². The second-order valence-electron chi connectivity index (χ2n) is 7.45. The minimum absolute atomic E-state index is 0.0347. The second kappa shape index (κ2) is 7.56. The van der Waals surface area contributed by atoms with Crippen molar-refractivity contribution in [2.75, 3.05) is 6.61 Å². The molecule has 148 valence electrons. The molecule has 4 heteroatoms. The lowest BCUT2D eigenvalue weighted by molar-refractivity contribution is -0.136. The Labute approximate surface area is 173 Å². The molecule has 1 N–H and O–H groups in total. The molecule has 5 rings (SSSR count). The molecule has 0 aliphatic rings. The molecule has 0 bridgehead atoms. The van der Waals surface area contributed by atoms with E-state index in [1.165, 1.54) is 21.8 Å². The van der Waals surface area contributed by atoms with E-state index in [4.69, 9.17) is 9.84 Å². The number of carbonyl (C=O) groups is 1. The summed E-state index contributed by atoms with van der Waals surface area (Å²) < 4.78 is 8.37. The molecule has 0 spiro atoms. The van der Waals surface area contributed by atoms with Crippen molar-refractivity contribution in [3.63, 3.8) is 0 Å². The molecule has 0 radical (unpaired) electrons. The summed E-state index contributed by atoms with van der Waals surface area (Å²) in [5.41, 5.74) is 3.23. The van der Waals surface area contributed by atoms with Crippen molar-refractivity contribution in [3.05, 3.63) is 90.5 Å². The van der Waals surface area contributed by atoms with Gasteiger partial charge in [-0.1, -0.05) is 60.7 Å². The predicted octanol–water partition coefficient (Wildman–Crippen LogP) is 5.65. The summed E-state index contributed by atoms with van der Waals surface area (Å²) in [5, 5.41) is 13.5.